The molecule has 0 aromatic heterocycles. The van der Waals surface area contributed by atoms with Crippen LogP contribution in [0.5, 0.6) is 0 Å². The van der Waals surface area contributed by atoms with Crippen LogP contribution in [0.15, 0.2) is 48.5 Å². The van der Waals surface area contributed by atoms with Crippen LogP contribution in [0.25, 0.3) is 0 Å². The van der Waals surface area contributed by atoms with Crippen LogP contribution in [-0.4, -0.2) is 16.8 Å². The van der Waals surface area contributed by atoms with Gasteiger partial charge in [-0.15, -0.1) is 0 Å². The molecule has 0 aliphatic heterocycles. The number of amides is 1. The molecule has 3 nitrogen and oxygen atoms in total. The van der Waals surface area contributed by atoms with Gasteiger partial charge in [-0.2, -0.15) is 0 Å². The quantitative estimate of drug-likeness (QED) is 0.870. The third-order valence-corrected chi connectivity index (χ3v) is 3.52. The van der Waals surface area contributed by atoms with Gasteiger partial charge >= 0.3 is 0 Å². The van der Waals surface area contributed by atoms with Crippen LogP contribution in [0.4, 0.5) is 5.69 Å². The minimum absolute atomic E-state index is 0.0219. The molecule has 0 fully saturated rings. The molecule has 0 radical (unpaired) electrons. The first-order valence-corrected chi connectivity index (χ1v) is 7.20. The zero-order chi connectivity index (χ0) is 15.4. The van der Waals surface area contributed by atoms with Gasteiger partial charge in [-0.3, -0.25) is 4.79 Å². The molecule has 21 heavy (non-hydrogen) atoms. The Morgan fingerprint density at radius 3 is 2.38 bits per heavy atom. The lowest BCUT2D eigenvalue weighted by atomic mass is 10.1. The van der Waals surface area contributed by atoms with Crippen molar-refractivity contribution in [2.45, 2.75) is 33.4 Å². The predicted octanol–water partition coefficient (Wildman–Crippen LogP) is 3.63. The first-order valence-electron chi connectivity index (χ1n) is 7.20. The summed E-state index contributed by atoms with van der Waals surface area (Å²) in [5.74, 6) is -0.0219. The Morgan fingerprint density at radius 1 is 1.14 bits per heavy atom. The monoisotopic (exact) mass is 282 g/mol. The van der Waals surface area contributed by atoms with E-state index in [0.717, 1.165) is 11.1 Å². The van der Waals surface area contributed by atoms with Gasteiger partial charge in [-0.1, -0.05) is 36.4 Å². The molecule has 2 N–H and O–H groups in total. The number of hydrogen-bond acceptors (Lipinski definition) is 2. The van der Waals surface area contributed by atoms with Crippen molar-refractivity contribution < 1.29 is 4.79 Å². The highest BCUT2D eigenvalue weighted by molar-refractivity contribution is 5.99. The van der Waals surface area contributed by atoms with Gasteiger partial charge in [0.2, 0.25) is 0 Å². The van der Waals surface area contributed by atoms with Gasteiger partial charge in [0.25, 0.3) is 5.91 Å². The molecule has 1 amide bonds. The summed E-state index contributed by atoms with van der Waals surface area (Å²) >= 11 is 0. The largest absolute Gasteiger partial charge is 0.398 e. The van der Waals surface area contributed by atoms with Crippen molar-refractivity contribution >= 4 is 11.6 Å². The van der Waals surface area contributed by atoms with Crippen LogP contribution in [0, 0.1) is 6.92 Å². The molecule has 0 atom stereocenters. The van der Waals surface area contributed by atoms with Gasteiger partial charge in [0.05, 0.1) is 5.56 Å². The summed E-state index contributed by atoms with van der Waals surface area (Å²) in [6.45, 7) is 6.59. The number of benzene rings is 2. The Morgan fingerprint density at radius 2 is 1.81 bits per heavy atom. The van der Waals surface area contributed by atoms with E-state index >= 15 is 0 Å². The van der Waals surface area contributed by atoms with Crippen molar-refractivity contribution in [2.75, 3.05) is 5.73 Å². The summed E-state index contributed by atoms with van der Waals surface area (Å²) in [5.41, 5.74) is 9.30. The van der Waals surface area contributed by atoms with E-state index in [2.05, 4.69) is 0 Å². The van der Waals surface area contributed by atoms with Gasteiger partial charge in [-0.25, -0.2) is 0 Å². The second kappa shape index (κ2) is 6.44. The fourth-order valence-corrected chi connectivity index (χ4v) is 2.30. The molecule has 0 spiro atoms. The van der Waals surface area contributed by atoms with Crippen LogP contribution in [0.3, 0.4) is 0 Å². The third-order valence-electron chi connectivity index (χ3n) is 3.52. The highest BCUT2D eigenvalue weighted by Gasteiger charge is 2.20. The lowest BCUT2D eigenvalue weighted by Crippen LogP contribution is -2.36. The molecule has 3 heteroatoms. The minimum Gasteiger partial charge on any atom is -0.398 e. The second-order valence-electron chi connectivity index (χ2n) is 5.60. The van der Waals surface area contributed by atoms with Gasteiger partial charge < -0.3 is 10.6 Å². The van der Waals surface area contributed by atoms with E-state index < -0.39 is 0 Å². The number of nitrogens with two attached hydrogens (primary N) is 1. The second-order valence-corrected chi connectivity index (χ2v) is 5.60. The molecule has 2 aromatic rings. The first-order chi connectivity index (χ1) is 9.99. The molecule has 0 saturated carbocycles. The average molecular weight is 282 g/mol. The van der Waals surface area contributed by atoms with Crippen LogP contribution in [-0.2, 0) is 6.54 Å². The summed E-state index contributed by atoms with van der Waals surface area (Å²) in [6.07, 6.45) is 0. The van der Waals surface area contributed by atoms with E-state index in [4.69, 9.17) is 5.73 Å². The van der Waals surface area contributed by atoms with Crippen molar-refractivity contribution in [2.24, 2.45) is 0 Å². The Balaban J connectivity index is 2.27. The lowest BCUT2D eigenvalue weighted by Gasteiger charge is -2.27. The smallest absolute Gasteiger partial charge is 0.256 e. The minimum atomic E-state index is -0.0219. The Kier molecular flexibility index (Phi) is 4.63. The van der Waals surface area contributed by atoms with Crippen LogP contribution in [0.2, 0.25) is 0 Å². The number of aryl methyl sites for hydroxylation is 1. The SMILES string of the molecule is Cc1ccc(C(=O)N(Cc2ccccc2)C(C)C)c(N)c1. The van der Waals surface area contributed by atoms with E-state index in [1.54, 1.807) is 0 Å². The molecular formula is C18H22N2O. The number of anilines is 1. The van der Waals surface area contributed by atoms with Crippen molar-refractivity contribution in [1.82, 2.24) is 4.90 Å². The highest BCUT2D eigenvalue weighted by atomic mass is 16.2. The standard InChI is InChI=1S/C18H22N2O/c1-13(2)20(12-15-7-5-4-6-8-15)18(21)16-10-9-14(3)11-17(16)19/h4-11,13H,12,19H2,1-3H3. The van der Waals surface area contributed by atoms with E-state index in [1.807, 2.05) is 74.2 Å². The maximum Gasteiger partial charge on any atom is 0.256 e. The van der Waals surface area contributed by atoms with E-state index in [-0.39, 0.29) is 11.9 Å². The number of carbonyl (C=O) groups is 1. The third kappa shape index (κ3) is 3.63. The molecule has 2 aromatic carbocycles. The Hall–Kier alpha value is -2.29. The molecule has 110 valence electrons. The predicted molar refractivity (Wildman–Crippen MR) is 87.0 cm³/mol. The Bertz CT molecular complexity index is 620. The fraction of sp³-hybridized carbons (Fsp3) is 0.278. The lowest BCUT2D eigenvalue weighted by molar-refractivity contribution is 0.0691. The van der Waals surface area contributed by atoms with Crippen LogP contribution < -0.4 is 5.73 Å². The van der Waals surface area contributed by atoms with Gasteiger partial charge in [0, 0.05) is 18.3 Å². The zero-order valence-corrected chi connectivity index (χ0v) is 12.8. The molecule has 0 saturated heterocycles. The first kappa shape index (κ1) is 15.1. The molecule has 0 unspecified atom stereocenters. The number of rotatable bonds is 4. The fourth-order valence-electron chi connectivity index (χ4n) is 2.30. The van der Waals surface area contributed by atoms with Crippen LogP contribution >= 0.6 is 0 Å². The van der Waals surface area contributed by atoms with E-state index in [9.17, 15) is 4.79 Å². The number of hydrogen-bond donors (Lipinski definition) is 1. The Labute approximate surface area is 126 Å². The summed E-state index contributed by atoms with van der Waals surface area (Å²) in [6, 6.07) is 15.7. The zero-order valence-electron chi connectivity index (χ0n) is 12.8. The molecule has 0 bridgehead atoms. The van der Waals surface area contributed by atoms with Gasteiger partial charge in [0.15, 0.2) is 0 Å². The average Bonchev–Trinajstić information content (AvgIpc) is 2.45. The number of nitrogens with zero attached hydrogens (tertiary/aromatic N) is 1. The van der Waals surface area contributed by atoms with E-state index in [1.165, 1.54) is 0 Å². The van der Waals surface area contributed by atoms with Gasteiger partial charge in [0.1, 0.15) is 0 Å². The maximum absolute atomic E-state index is 12.8. The molecule has 0 aliphatic carbocycles. The molecule has 2 rings (SSSR count). The normalized spacial score (nSPS) is 10.7. The maximum atomic E-state index is 12.8. The summed E-state index contributed by atoms with van der Waals surface area (Å²) < 4.78 is 0. The summed E-state index contributed by atoms with van der Waals surface area (Å²) in [5, 5.41) is 0. The summed E-state index contributed by atoms with van der Waals surface area (Å²) in [4.78, 5) is 14.6. The van der Waals surface area contributed by atoms with Crippen LogP contribution in [0.1, 0.15) is 35.3 Å². The molecular weight excluding hydrogens is 260 g/mol. The molecule has 0 aliphatic rings. The van der Waals surface area contributed by atoms with E-state index in [0.29, 0.717) is 17.8 Å². The number of carbonyl (C=O) groups excluding carboxylic acids is 1. The van der Waals surface area contributed by atoms with Crippen molar-refractivity contribution in [1.29, 1.82) is 0 Å². The number of nitrogen functional groups attached to an aromatic ring is 1. The van der Waals surface area contributed by atoms with Crippen molar-refractivity contribution in [3.63, 3.8) is 0 Å². The summed E-state index contributed by atoms with van der Waals surface area (Å²) in [7, 11) is 0. The van der Waals surface area contributed by atoms with Crippen molar-refractivity contribution in [3.8, 4) is 0 Å². The van der Waals surface area contributed by atoms with Crippen molar-refractivity contribution in [3.05, 3.63) is 65.2 Å². The molecule has 0 heterocycles. The highest BCUT2D eigenvalue weighted by Crippen LogP contribution is 2.19. The van der Waals surface area contributed by atoms with Gasteiger partial charge in [-0.05, 0) is 44.0 Å². The topological polar surface area (TPSA) is 46.3 Å².